The minimum atomic E-state index is 0.937. The molecule has 0 amide bonds. The summed E-state index contributed by atoms with van der Waals surface area (Å²) in [5.74, 6) is 0. The number of rotatable bonds is 3. The molecule has 2 aromatic carbocycles. The fourth-order valence-electron chi connectivity index (χ4n) is 3.87. The first-order chi connectivity index (χ1) is 12.3. The summed E-state index contributed by atoms with van der Waals surface area (Å²) < 4.78 is 1.14. The van der Waals surface area contributed by atoms with E-state index >= 15 is 0 Å². The summed E-state index contributed by atoms with van der Waals surface area (Å²) in [5.41, 5.74) is 5.41. The predicted octanol–water partition coefficient (Wildman–Crippen LogP) is 4.22. The number of hydroxylamine groups is 2. The standard InChI is InChI=1S/C20H24BrN3O/c1-25-23-13-11-22(12-14-23)18-6-2-3-7-19(18)24-10-4-5-16-8-9-17(21)15-20(16)24/h2-3,6-9,15H,4-5,10-14H2,1H3. The number of piperazine rings is 1. The normalized spacial score (nSPS) is 18.3. The minimum absolute atomic E-state index is 0.937. The Labute approximate surface area is 158 Å². The molecule has 0 spiro atoms. The summed E-state index contributed by atoms with van der Waals surface area (Å²) >= 11 is 3.64. The summed E-state index contributed by atoms with van der Waals surface area (Å²) in [6.07, 6.45) is 2.36. The third kappa shape index (κ3) is 3.41. The van der Waals surface area contributed by atoms with E-state index in [0.29, 0.717) is 0 Å². The van der Waals surface area contributed by atoms with E-state index in [0.717, 1.165) is 43.6 Å². The zero-order valence-corrected chi connectivity index (χ0v) is 16.2. The van der Waals surface area contributed by atoms with Gasteiger partial charge in [-0.15, -0.1) is 0 Å². The fraction of sp³-hybridized carbons (Fsp3) is 0.400. The molecule has 0 saturated carbocycles. The van der Waals surface area contributed by atoms with Gasteiger partial charge in [0.25, 0.3) is 0 Å². The predicted molar refractivity (Wildman–Crippen MR) is 107 cm³/mol. The Morgan fingerprint density at radius 1 is 0.880 bits per heavy atom. The van der Waals surface area contributed by atoms with E-state index in [9.17, 15) is 0 Å². The second kappa shape index (κ2) is 7.36. The van der Waals surface area contributed by atoms with Crippen LogP contribution in [0.4, 0.5) is 17.1 Å². The van der Waals surface area contributed by atoms with Crippen molar-refractivity contribution >= 4 is 33.0 Å². The van der Waals surface area contributed by atoms with Crippen LogP contribution in [-0.4, -0.2) is 44.9 Å². The maximum atomic E-state index is 5.37. The Morgan fingerprint density at radius 3 is 2.40 bits per heavy atom. The number of aryl methyl sites for hydroxylation is 1. The van der Waals surface area contributed by atoms with Gasteiger partial charge in [0.05, 0.1) is 18.5 Å². The number of anilines is 3. The zero-order chi connectivity index (χ0) is 17.2. The van der Waals surface area contributed by atoms with Gasteiger partial charge in [0.1, 0.15) is 0 Å². The van der Waals surface area contributed by atoms with Gasteiger partial charge in [-0.2, -0.15) is 5.06 Å². The van der Waals surface area contributed by atoms with Crippen LogP contribution in [0.3, 0.4) is 0 Å². The average molecular weight is 402 g/mol. The quantitative estimate of drug-likeness (QED) is 0.766. The van der Waals surface area contributed by atoms with E-state index in [-0.39, 0.29) is 0 Å². The number of fused-ring (bicyclic) bond motifs is 1. The van der Waals surface area contributed by atoms with Gasteiger partial charge in [-0.1, -0.05) is 34.1 Å². The van der Waals surface area contributed by atoms with E-state index < -0.39 is 0 Å². The van der Waals surface area contributed by atoms with Gasteiger partial charge in [0, 0.05) is 42.9 Å². The van der Waals surface area contributed by atoms with Crippen LogP contribution in [0.2, 0.25) is 0 Å². The van der Waals surface area contributed by atoms with Crippen LogP contribution in [0.5, 0.6) is 0 Å². The van der Waals surface area contributed by atoms with Crippen molar-refractivity contribution in [1.29, 1.82) is 0 Å². The van der Waals surface area contributed by atoms with Crippen LogP contribution >= 0.6 is 15.9 Å². The van der Waals surface area contributed by atoms with Gasteiger partial charge >= 0.3 is 0 Å². The van der Waals surface area contributed by atoms with Crippen molar-refractivity contribution in [3.8, 4) is 0 Å². The van der Waals surface area contributed by atoms with E-state index in [1.54, 1.807) is 7.11 Å². The maximum Gasteiger partial charge on any atom is 0.0648 e. The largest absolute Gasteiger partial charge is 0.367 e. The van der Waals surface area contributed by atoms with Crippen LogP contribution in [0.1, 0.15) is 12.0 Å². The van der Waals surface area contributed by atoms with Crippen molar-refractivity contribution in [3.63, 3.8) is 0 Å². The summed E-state index contributed by atoms with van der Waals surface area (Å²) in [5, 5.41) is 2.03. The molecule has 2 aromatic rings. The maximum absolute atomic E-state index is 5.37. The van der Waals surface area contributed by atoms with E-state index in [1.807, 2.05) is 5.06 Å². The molecule has 0 aromatic heterocycles. The molecule has 0 bridgehead atoms. The van der Waals surface area contributed by atoms with E-state index in [4.69, 9.17) is 4.84 Å². The van der Waals surface area contributed by atoms with Crippen molar-refractivity contribution in [3.05, 3.63) is 52.5 Å². The molecule has 0 atom stereocenters. The van der Waals surface area contributed by atoms with Crippen molar-refractivity contribution < 1.29 is 4.84 Å². The number of para-hydroxylation sites is 2. The topological polar surface area (TPSA) is 19.0 Å². The summed E-state index contributed by atoms with van der Waals surface area (Å²) in [6, 6.07) is 15.5. The lowest BCUT2D eigenvalue weighted by Gasteiger charge is -2.39. The van der Waals surface area contributed by atoms with Gasteiger partial charge in [-0.25, -0.2) is 0 Å². The van der Waals surface area contributed by atoms with Crippen LogP contribution in [-0.2, 0) is 11.3 Å². The van der Waals surface area contributed by atoms with Crippen molar-refractivity contribution in [2.45, 2.75) is 12.8 Å². The third-order valence-electron chi connectivity index (χ3n) is 5.18. The lowest BCUT2D eigenvalue weighted by Crippen LogP contribution is -2.46. The summed E-state index contributed by atoms with van der Waals surface area (Å²) in [4.78, 5) is 10.3. The number of halogens is 1. The highest BCUT2D eigenvalue weighted by atomic mass is 79.9. The molecule has 2 heterocycles. The highest BCUT2D eigenvalue weighted by Gasteiger charge is 2.24. The second-order valence-corrected chi connectivity index (χ2v) is 7.53. The highest BCUT2D eigenvalue weighted by molar-refractivity contribution is 9.10. The Bertz CT molecular complexity index is 743. The van der Waals surface area contributed by atoms with Crippen LogP contribution in [0.15, 0.2) is 46.9 Å². The number of hydrogen-bond acceptors (Lipinski definition) is 4. The molecular weight excluding hydrogens is 378 g/mol. The molecular formula is C20H24BrN3O. The lowest BCUT2D eigenvalue weighted by atomic mass is 10.0. The zero-order valence-electron chi connectivity index (χ0n) is 14.6. The van der Waals surface area contributed by atoms with Crippen LogP contribution < -0.4 is 9.80 Å². The highest BCUT2D eigenvalue weighted by Crippen LogP contribution is 2.40. The molecule has 0 radical (unpaired) electrons. The number of hydrogen-bond donors (Lipinski definition) is 0. The fourth-order valence-corrected chi connectivity index (χ4v) is 4.22. The molecule has 1 saturated heterocycles. The number of nitrogens with zero attached hydrogens (tertiary/aromatic N) is 3. The molecule has 0 N–H and O–H groups in total. The average Bonchev–Trinajstić information content (AvgIpc) is 2.67. The molecule has 4 rings (SSSR count). The Balaban J connectivity index is 1.68. The molecule has 4 nitrogen and oxygen atoms in total. The van der Waals surface area contributed by atoms with Crippen LogP contribution in [0, 0.1) is 0 Å². The van der Waals surface area contributed by atoms with Crippen molar-refractivity contribution in [2.24, 2.45) is 0 Å². The van der Waals surface area contributed by atoms with Gasteiger partial charge in [-0.05, 0) is 42.7 Å². The first-order valence-electron chi connectivity index (χ1n) is 8.95. The van der Waals surface area contributed by atoms with Crippen molar-refractivity contribution in [2.75, 3.05) is 49.6 Å². The monoisotopic (exact) mass is 401 g/mol. The van der Waals surface area contributed by atoms with Crippen molar-refractivity contribution in [1.82, 2.24) is 5.06 Å². The lowest BCUT2D eigenvalue weighted by molar-refractivity contribution is -0.133. The third-order valence-corrected chi connectivity index (χ3v) is 5.67. The summed E-state index contributed by atoms with van der Waals surface area (Å²) in [6.45, 7) is 4.92. The minimum Gasteiger partial charge on any atom is -0.367 e. The molecule has 2 aliphatic rings. The molecule has 2 aliphatic heterocycles. The van der Waals surface area contributed by atoms with Gasteiger partial charge in [0.15, 0.2) is 0 Å². The van der Waals surface area contributed by atoms with Gasteiger partial charge in [0.2, 0.25) is 0 Å². The Morgan fingerprint density at radius 2 is 1.64 bits per heavy atom. The molecule has 1 fully saturated rings. The molecule has 0 unspecified atom stereocenters. The van der Waals surface area contributed by atoms with Crippen LogP contribution in [0.25, 0.3) is 0 Å². The van der Waals surface area contributed by atoms with E-state index in [2.05, 4.69) is 68.2 Å². The smallest absolute Gasteiger partial charge is 0.0648 e. The molecule has 132 valence electrons. The molecule has 25 heavy (non-hydrogen) atoms. The summed E-state index contributed by atoms with van der Waals surface area (Å²) in [7, 11) is 1.76. The van der Waals surface area contributed by atoms with Gasteiger partial charge < -0.3 is 14.6 Å². The molecule has 0 aliphatic carbocycles. The second-order valence-electron chi connectivity index (χ2n) is 6.62. The van der Waals surface area contributed by atoms with Gasteiger partial charge in [-0.3, -0.25) is 0 Å². The SMILES string of the molecule is CON1CCN(c2ccccc2N2CCCc3ccc(Br)cc32)CC1. The van der Waals surface area contributed by atoms with E-state index in [1.165, 1.54) is 29.0 Å². The Kier molecular flexibility index (Phi) is 4.97. The first kappa shape index (κ1) is 16.9. The first-order valence-corrected chi connectivity index (χ1v) is 9.74. The number of benzene rings is 2. The molecule has 5 heteroatoms. The Hall–Kier alpha value is -1.56.